The van der Waals surface area contributed by atoms with E-state index in [1.54, 1.807) is 0 Å². The summed E-state index contributed by atoms with van der Waals surface area (Å²) in [5.74, 6) is -1.42. The van der Waals surface area contributed by atoms with Gasteiger partial charge in [0.05, 0.1) is 17.0 Å². The van der Waals surface area contributed by atoms with Crippen molar-refractivity contribution < 1.29 is 27.5 Å². The molecule has 1 aromatic rings. The molecule has 1 fully saturated rings. The predicted octanol–water partition coefficient (Wildman–Crippen LogP) is 2.69. The van der Waals surface area contributed by atoms with Gasteiger partial charge in [-0.25, -0.2) is 4.98 Å². The van der Waals surface area contributed by atoms with Crippen LogP contribution in [0.3, 0.4) is 0 Å². The summed E-state index contributed by atoms with van der Waals surface area (Å²) in [6.07, 6.45) is -4.07. The SMILES string of the molecule is O=C1CC(Sc2ncc(C(F)(F)F)cc2Cl)C(=O)O1. The van der Waals surface area contributed by atoms with Gasteiger partial charge in [-0.05, 0) is 6.07 Å². The predicted molar refractivity (Wildman–Crippen MR) is 59.6 cm³/mol. The van der Waals surface area contributed by atoms with Gasteiger partial charge >= 0.3 is 18.1 Å². The monoisotopic (exact) mass is 311 g/mol. The van der Waals surface area contributed by atoms with Crippen LogP contribution in [0, 0.1) is 0 Å². The highest BCUT2D eigenvalue weighted by Crippen LogP contribution is 2.36. The molecule has 2 heterocycles. The van der Waals surface area contributed by atoms with E-state index in [1.165, 1.54) is 0 Å². The zero-order valence-electron chi connectivity index (χ0n) is 9.03. The van der Waals surface area contributed by atoms with Crippen LogP contribution >= 0.6 is 23.4 Å². The molecule has 0 radical (unpaired) electrons. The molecule has 102 valence electrons. The first-order chi connectivity index (χ1) is 8.77. The molecule has 1 aliphatic heterocycles. The Morgan fingerprint density at radius 1 is 1.42 bits per heavy atom. The van der Waals surface area contributed by atoms with Crippen LogP contribution in [0.1, 0.15) is 12.0 Å². The number of hydrogen-bond donors (Lipinski definition) is 0. The number of carbonyl (C=O) groups is 2. The summed E-state index contributed by atoms with van der Waals surface area (Å²) in [6.45, 7) is 0. The van der Waals surface area contributed by atoms with Crippen LogP contribution in [0.4, 0.5) is 13.2 Å². The Balaban J connectivity index is 2.18. The fraction of sp³-hybridized carbons (Fsp3) is 0.300. The summed E-state index contributed by atoms with van der Waals surface area (Å²) in [4.78, 5) is 25.6. The average Bonchev–Trinajstić information content (AvgIpc) is 2.59. The van der Waals surface area contributed by atoms with Crippen molar-refractivity contribution in [2.45, 2.75) is 22.9 Å². The lowest BCUT2D eigenvalue weighted by Crippen LogP contribution is -2.10. The van der Waals surface area contributed by atoms with E-state index in [9.17, 15) is 22.8 Å². The molecule has 0 saturated carbocycles. The van der Waals surface area contributed by atoms with Gasteiger partial charge in [-0.1, -0.05) is 23.4 Å². The minimum atomic E-state index is -4.54. The number of esters is 2. The second-order valence-electron chi connectivity index (χ2n) is 3.61. The number of halogens is 4. The summed E-state index contributed by atoms with van der Waals surface area (Å²) in [5.41, 5.74) is -0.980. The Bertz CT molecular complexity index is 549. The van der Waals surface area contributed by atoms with Gasteiger partial charge in [0, 0.05) is 6.20 Å². The van der Waals surface area contributed by atoms with Crippen molar-refractivity contribution in [3.05, 3.63) is 22.8 Å². The summed E-state index contributed by atoms with van der Waals surface area (Å²) in [6, 6.07) is 0.721. The van der Waals surface area contributed by atoms with Crippen molar-refractivity contribution in [1.82, 2.24) is 4.98 Å². The van der Waals surface area contributed by atoms with E-state index >= 15 is 0 Å². The number of cyclic esters (lactones) is 2. The van der Waals surface area contributed by atoms with Crippen molar-refractivity contribution >= 4 is 35.3 Å². The van der Waals surface area contributed by atoms with Gasteiger partial charge in [0.25, 0.3) is 0 Å². The molecule has 0 aromatic carbocycles. The van der Waals surface area contributed by atoms with Crippen LogP contribution in [-0.4, -0.2) is 22.2 Å². The third kappa shape index (κ3) is 3.19. The number of pyridine rings is 1. The molecule has 0 bridgehead atoms. The lowest BCUT2D eigenvalue weighted by atomic mass is 10.3. The van der Waals surface area contributed by atoms with E-state index in [0.717, 1.165) is 17.8 Å². The standard InChI is InChI=1S/C10H5ClF3NO3S/c11-5-1-4(10(12,13)14)3-15-8(5)19-6-2-7(16)18-9(6)17/h1,3,6H,2H2. The topological polar surface area (TPSA) is 56.3 Å². The maximum Gasteiger partial charge on any atom is 0.417 e. The first-order valence-electron chi connectivity index (χ1n) is 4.91. The van der Waals surface area contributed by atoms with Crippen LogP contribution in [0.5, 0.6) is 0 Å². The second kappa shape index (κ2) is 5.01. The fourth-order valence-electron chi connectivity index (χ4n) is 1.35. The molecule has 9 heteroatoms. The van der Waals surface area contributed by atoms with Gasteiger partial charge in [0.2, 0.25) is 0 Å². The Labute approximate surface area is 114 Å². The molecule has 1 atom stereocenters. The van der Waals surface area contributed by atoms with Crippen molar-refractivity contribution in [2.24, 2.45) is 0 Å². The second-order valence-corrected chi connectivity index (χ2v) is 5.21. The lowest BCUT2D eigenvalue weighted by Gasteiger charge is -2.09. The molecule has 19 heavy (non-hydrogen) atoms. The highest BCUT2D eigenvalue weighted by atomic mass is 35.5. The molecule has 0 aliphatic carbocycles. The van der Waals surface area contributed by atoms with Crippen LogP contribution < -0.4 is 0 Å². The maximum atomic E-state index is 12.4. The van der Waals surface area contributed by atoms with Crippen LogP contribution in [0.25, 0.3) is 0 Å². The minimum Gasteiger partial charge on any atom is -0.392 e. The first-order valence-corrected chi connectivity index (χ1v) is 6.17. The van der Waals surface area contributed by atoms with Crippen molar-refractivity contribution in [3.63, 3.8) is 0 Å². The molecule has 1 saturated heterocycles. The molecule has 1 unspecified atom stereocenters. The van der Waals surface area contributed by atoms with E-state index in [2.05, 4.69) is 9.72 Å². The Hall–Kier alpha value is -1.28. The van der Waals surface area contributed by atoms with E-state index in [4.69, 9.17) is 11.6 Å². The van der Waals surface area contributed by atoms with Crippen LogP contribution in [-0.2, 0) is 20.5 Å². The smallest absolute Gasteiger partial charge is 0.392 e. The van der Waals surface area contributed by atoms with Crippen LogP contribution in [0.15, 0.2) is 17.3 Å². The lowest BCUT2D eigenvalue weighted by molar-refractivity contribution is -0.151. The van der Waals surface area contributed by atoms with E-state index in [-0.39, 0.29) is 16.5 Å². The van der Waals surface area contributed by atoms with E-state index in [1.807, 2.05) is 0 Å². The molecule has 1 aliphatic rings. The quantitative estimate of drug-likeness (QED) is 0.621. The normalized spacial score (nSPS) is 19.7. The van der Waals surface area contributed by atoms with Gasteiger partial charge < -0.3 is 4.74 Å². The van der Waals surface area contributed by atoms with Gasteiger partial charge in [0.15, 0.2) is 0 Å². The zero-order chi connectivity index (χ0) is 14.2. The Morgan fingerprint density at radius 3 is 2.58 bits per heavy atom. The van der Waals surface area contributed by atoms with Crippen molar-refractivity contribution in [3.8, 4) is 0 Å². The summed E-state index contributed by atoms with van der Waals surface area (Å²) >= 11 is 6.48. The fourth-order valence-corrected chi connectivity index (χ4v) is 2.56. The van der Waals surface area contributed by atoms with Gasteiger partial charge in [-0.2, -0.15) is 13.2 Å². The third-order valence-corrected chi connectivity index (χ3v) is 3.81. The van der Waals surface area contributed by atoms with Crippen molar-refractivity contribution in [1.29, 1.82) is 0 Å². The van der Waals surface area contributed by atoms with Crippen molar-refractivity contribution in [2.75, 3.05) is 0 Å². The number of nitrogens with zero attached hydrogens (tertiary/aromatic N) is 1. The number of thioether (sulfide) groups is 1. The van der Waals surface area contributed by atoms with Crippen LogP contribution in [0.2, 0.25) is 5.02 Å². The highest BCUT2D eigenvalue weighted by molar-refractivity contribution is 8.00. The molecule has 4 nitrogen and oxygen atoms in total. The Morgan fingerprint density at radius 2 is 2.11 bits per heavy atom. The van der Waals surface area contributed by atoms with Gasteiger partial charge in [-0.15, -0.1) is 0 Å². The largest absolute Gasteiger partial charge is 0.417 e. The first kappa shape index (κ1) is 14.1. The average molecular weight is 312 g/mol. The molecule has 0 spiro atoms. The molecular weight excluding hydrogens is 307 g/mol. The zero-order valence-corrected chi connectivity index (χ0v) is 10.6. The highest BCUT2D eigenvalue weighted by Gasteiger charge is 2.36. The summed E-state index contributed by atoms with van der Waals surface area (Å²) in [7, 11) is 0. The molecule has 1 aromatic heterocycles. The summed E-state index contributed by atoms with van der Waals surface area (Å²) in [5, 5.41) is -1.01. The number of aromatic nitrogens is 1. The molecule has 2 rings (SSSR count). The maximum absolute atomic E-state index is 12.4. The molecular formula is C10H5ClF3NO3S. The number of hydrogen-bond acceptors (Lipinski definition) is 5. The summed E-state index contributed by atoms with van der Waals surface area (Å²) < 4.78 is 41.5. The van der Waals surface area contributed by atoms with Gasteiger partial charge in [0.1, 0.15) is 10.3 Å². The number of rotatable bonds is 2. The minimum absolute atomic E-state index is 0.0475. The van der Waals surface area contributed by atoms with E-state index < -0.39 is 28.9 Å². The number of ether oxygens (including phenoxy) is 1. The number of carbonyl (C=O) groups excluding carboxylic acids is 2. The van der Waals surface area contributed by atoms with Gasteiger partial charge in [-0.3, -0.25) is 9.59 Å². The number of alkyl halides is 3. The third-order valence-electron chi connectivity index (χ3n) is 2.22. The molecule has 0 amide bonds. The molecule has 0 N–H and O–H groups in total. The van der Waals surface area contributed by atoms with E-state index in [0.29, 0.717) is 6.20 Å². The Kier molecular flexibility index (Phi) is 3.73.